The van der Waals surface area contributed by atoms with E-state index in [2.05, 4.69) is 12.2 Å². The third-order valence-electron chi connectivity index (χ3n) is 2.87. The predicted molar refractivity (Wildman–Crippen MR) is 67.3 cm³/mol. The minimum atomic E-state index is -0.0673. The molecule has 0 aliphatic heterocycles. The van der Waals surface area contributed by atoms with E-state index in [9.17, 15) is 4.79 Å². The van der Waals surface area contributed by atoms with Crippen LogP contribution in [0, 0.1) is 5.92 Å². The van der Waals surface area contributed by atoms with Crippen LogP contribution in [0.1, 0.15) is 44.9 Å². The molecule has 1 aromatic rings. The van der Waals surface area contributed by atoms with Gasteiger partial charge in [0, 0.05) is 6.42 Å². The van der Waals surface area contributed by atoms with Gasteiger partial charge in [0.2, 0.25) is 5.91 Å². The van der Waals surface area contributed by atoms with Gasteiger partial charge < -0.3 is 15.5 Å². The summed E-state index contributed by atoms with van der Waals surface area (Å²) in [6.45, 7) is 4.72. The van der Waals surface area contributed by atoms with Gasteiger partial charge in [0.1, 0.15) is 5.76 Å². The van der Waals surface area contributed by atoms with Gasteiger partial charge in [-0.1, -0.05) is 6.92 Å². The Morgan fingerprint density at radius 3 is 2.82 bits per heavy atom. The SMILES string of the molecule is CC(CCN)CCC(=O)N[C@H](C)c1ccco1. The van der Waals surface area contributed by atoms with Gasteiger partial charge in [-0.15, -0.1) is 0 Å². The van der Waals surface area contributed by atoms with Crippen molar-refractivity contribution in [3.05, 3.63) is 24.2 Å². The van der Waals surface area contributed by atoms with Crippen molar-refractivity contribution < 1.29 is 9.21 Å². The summed E-state index contributed by atoms with van der Waals surface area (Å²) in [5, 5.41) is 2.92. The summed E-state index contributed by atoms with van der Waals surface area (Å²) in [6, 6.07) is 3.62. The number of furan rings is 1. The minimum Gasteiger partial charge on any atom is -0.467 e. The van der Waals surface area contributed by atoms with Crippen molar-refractivity contribution in [2.24, 2.45) is 11.7 Å². The quantitative estimate of drug-likeness (QED) is 0.765. The monoisotopic (exact) mass is 238 g/mol. The van der Waals surface area contributed by atoms with Crippen molar-refractivity contribution in [2.45, 2.75) is 39.2 Å². The summed E-state index contributed by atoms with van der Waals surface area (Å²) in [6.07, 6.45) is 4.02. The minimum absolute atomic E-state index is 0.0673. The molecule has 0 fully saturated rings. The van der Waals surface area contributed by atoms with E-state index in [0.29, 0.717) is 18.9 Å². The molecule has 1 rings (SSSR count). The van der Waals surface area contributed by atoms with Crippen molar-refractivity contribution in [1.82, 2.24) is 5.32 Å². The van der Waals surface area contributed by atoms with Crippen LogP contribution in [0.15, 0.2) is 22.8 Å². The topological polar surface area (TPSA) is 68.3 Å². The Bertz CT molecular complexity index is 322. The number of hydrogen-bond acceptors (Lipinski definition) is 3. The van der Waals surface area contributed by atoms with E-state index in [1.54, 1.807) is 6.26 Å². The Labute approximate surface area is 103 Å². The van der Waals surface area contributed by atoms with Gasteiger partial charge in [0.15, 0.2) is 0 Å². The number of rotatable bonds is 7. The molecule has 0 spiro atoms. The van der Waals surface area contributed by atoms with Crippen LogP contribution in [0.2, 0.25) is 0 Å². The van der Waals surface area contributed by atoms with E-state index in [1.807, 2.05) is 19.1 Å². The average molecular weight is 238 g/mol. The number of amides is 1. The van der Waals surface area contributed by atoms with E-state index in [1.165, 1.54) is 0 Å². The molecule has 4 heteroatoms. The predicted octanol–water partition coefficient (Wildman–Crippen LogP) is 2.22. The van der Waals surface area contributed by atoms with Crippen LogP contribution in [0.5, 0.6) is 0 Å². The molecule has 3 N–H and O–H groups in total. The van der Waals surface area contributed by atoms with E-state index in [0.717, 1.165) is 18.6 Å². The van der Waals surface area contributed by atoms with Gasteiger partial charge in [-0.05, 0) is 44.4 Å². The highest BCUT2D eigenvalue weighted by Gasteiger charge is 2.12. The zero-order chi connectivity index (χ0) is 12.7. The second-order valence-electron chi connectivity index (χ2n) is 4.53. The molecule has 0 saturated carbocycles. The van der Waals surface area contributed by atoms with Crippen LogP contribution in [0.25, 0.3) is 0 Å². The zero-order valence-corrected chi connectivity index (χ0v) is 10.6. The maximum absolute atomic E-state index is 11.7. The standard InChI is InChI=1S/C13H22N2O2/c1-10(7-8-14)5-6-13(16)15-11(2)12-4-3-9-17-12/h3-4,9-11H,5-8,14H2,1-2H3,(H,15,16)/t10?,11-/m1/s1. The summed E-state index contributed by atoms with van der Waals surface area (Å²) in [4.78, 5) is 11.7. The second kappa shape index (κ2) is 7.12. The molecule has 17 heavy (non-hydrogen) atoms. The molecule has 0 saturated heterocycles. The van der Waals surface area contributed by atoms with E-state index < -0.39 is 0 Å². The van der Waals surface area contributed by atoms with Gasteiger partial charge in [0.05, 0.1) is 12.3 Å². The van der Waals surface area contributed by atoms with Crippen molar-refractivity contribution in [2.75, 3.05) is 6.54 Å². The van der Waals surface area contributed by atoms with Crippen LogP contribution in [0.3, 0.4) is 0 Å². The molecule has 2 atom stereocenters. The largest absolute Gasteiger partial charge is 0.467 e. The fourth-order valence-corrected chi connectivity index (χ4v) is 1.73. The second-order valence-corrected chi connectivity index (χ2v) is 4.53. The van der Waals surface area contributed by atoms with Crippen LogP contribution in [-0.4, -0.2) is 12.5 Å². The summed E-state index contributed by atoms with van der Waals surface area (Å²) < 4.78 is 5.23. The first-order chi connectivity index (χ1) is 8.13. The van der Waals surface area contributed by atoms with Gasteiger partial charge in [-0.2, -0.15) is 0 Å². The highest BCUT2D eigenvalue weighted by atomic mass is 16.3. The molecule has 1 heterocycles. The number of nitrogens with one attached hydrogen (secondary N) is 1. The molecule has 4 nitrogen and oxygen atoms in total. The zero-order valence-electron chi connectivity index (χ0n) is 10.6. The average Bonchev–Trinajstić information content (AvgIpc) is 2.80. The molecule has 1 aromatic heterocycles. The fraction of sp³-hybridized carbons (Fsp3) is 0.615. The first kappa shape index (κ1) is 13.8. The number of nitrogens with two attached hydrogens (primary N) is 1. The summed E-state index contributed by atoms with van der Waals surface area (Å²) in [7, 11) is 0. The van der Waals surface area contributed by atoms with Gasteiger partial charge in [-0.25, -0.2) is 0 Å². The normalized spacial score (nSPS) is 14.3. The lowest BCUT2D eigenvalue weighted by atomic mass is 10.0. The Morgan fingerprint density at radius 1 is 1.47 bits per heavy atom. The number of hydrogen-bond donors (Lipinski definition) is 2. The summed E-state index contributed by atoms with van der Waals surface area (Å²) in [5.41, 5.74) is 5.47. The molecule has 0 aromatic carbocycles. The number of carbonyl (C=O) groups is 1. The van der Waals surface area contributed by atoms with Crippen molar-refractivity contribution >= 4 is 5.91 Å². The number of carbonyl (C=O) groups excluding carboxylic acids is 1. The van der Waals surface area contributed by atoms with Gasteiger partial charge in [-0.3, -0.25) is 4.79 Å². The maximum Gasteiger partial charge on any atom is 0.220 e. The highest BCUT2D eigenvalue weighted by molar-refractivity contribution is 5.76. The molecular weight excluding hydrogens is 216 g/mol. The molecule has 96 valence electrons. The van der Waals surface area contributed by atoms with Crippen LogP contribution >= 0.6 is 0 Å². The van der Waals surface area contributed by atoms with E-state index in [4.69, 9.17) is 10.2 Å². The third kappa shape index (κ3) is 5.04. The van der Waals surface area contributed by atoms with Crippen LogP contribution in [0.4, 0.5) is 0 Å². The Balaban J connectivity index is 2.25. The molecule has 1 amide bonds. The molecule has 0 radical (unpaired) electrons. The van der Waals surface area contributed by atoms with Gasteiger partial charge >= 0.3 is 0 Å². The smallest absolute Gasteiger partial charge is 0.220 e. The molecule has 0 aliphatic carbocycles. The molecular formula is C13H22N2O2. The third-order valence-corrected chi connectivity index (χ3v) is 2.87. The van der Waals surface area contributed by atoms with Crippen molar-refractivity contribution in [3.63, 3.8) is 0 Å². The fourth-order valence-electron chi connectivity index (χ4n) is 1.73. The Kier molecular flexibility index (Phi) is 5.77. The maximum atomic E-state index is 11.7. The van der Waals surface area contributed by atoms with Gasteiger partial charge in [0.25, 0.3) is 0 Å². The Hall–Kier alpha value is -1.29. The van der Waals surface area contributed by atoms with E-state index in [-0.39, 0.29) is 11.9 Å². The lowest BCUT2D eigenvalue weighted by Gasteiger charge is -2.13. The Morgan fingerprint density at radius 2 is 2.24 bits per heavy atom. The van der Waals surface area contributed by atoms with Crippen molar-refractivity contribution in [1.29, 1.82) is 0 Å². The first-order valence-electron chi connectivity index (χ1n) is 6.16. The van der Waals surface area contributed by atoms with E-state index >= 15 is 0 Å². The van der Waals surface area contributed by atoms with Crippen LogP contribution in [-0.2, 0) is 4.79 Å². The molecule has 0 aliphatic rings. The lowest BCUT2D eigenvalue weighted by molar-refractivity contribution is -0.122. The van der Waals surface area contributed by atoms with Crippen molar-refractivity contribution in [3.8, 4) is 0 Å². The lowest BCUT2D eigenvalue weighted by Crippen LogP contribution is -2.26. The summed E-state index contributed by atoms with van der Waals surface area (Å²) >= 11 is 0. The molecule has 0 bridgehead atoms. The highest BCUT2D eigenvalue weighted by Crippen LogP contribution is 2.14. The van der Waals surface area contributed by atoms with Crippen LogP contribution < -0.4 is 11.1 Å². The first-order valence-corrected chi connectivity index (χ1v) is 6.16. The molecule has 1 unspecified atom stereocenters. The summed E-state index contributed by atoms with van der Waals surface area (Å²) in [5.74, 6) is 1.36.